The van der Waals surface area contributed by atoms with Crippen molar-refractivity contribution in [2.24, 2.45) is 7.05 Å². The standard InChI is InChI=1S/C14H17ClN2O/c1-10-9-11(3-5-13(10)15)14(18)6-4-12-7-8-16-17(12)2/h3,5,7-9,14,18H,4,6H2,1-2H3. The maximum Gasteiger partial charge on any atom is 0.0793 e. The van der Waals surface area contributed by atoms with Crippen LogP contribution in [0.4, 0.5) is 0 Å². The highest BCUT2D eigenvalue weighted by Gasteiger charge is 2.10. The van der Waals surface area contributed by atoms with Crippen LogP contribution in [0, 0.1) is 6.92 Å². The maximum absolute atomic E-state index is 10.2. The number of nitrogens with zero attached hydrogens (tertiary/aromatic N) is 2. The highest BCUT2D eigenvalue weighted by molar-refractivity contribution is 6.31. The third-order valence-electron chi connectivity index (χ3n) is 3.16. The molecule has 4 heteroatoms. The molecule has 1 heterocycles. The molecule has 0 radical (unpaired) electrons. The smallest absolute Gasteiger partial charge is 0.0793 e. The summed E-state index contributed by atoms with van der Waals surface area (Å²) in [7, 11) is 1.91. The Morgan fingerprint density at radius 2 is 2.17 bits per heavy atom. The zero-order chi connectivity index (χ0) is 13.1. The first-order valence-corrected chi connectivity index (χ1v) is 6.36. The number of halogens is 1. The van der Waals surface area contributed by atoms with E-state index in [2.05, 4.69) is 5.10 Å². The summed E-state index contributed by atoms with van der Waals surface area (Å²) >= 11 is 5.97. The molecule has 0 aliphatic carbocycles. The summed E-state index contributed by atoms with van der Waals surface area (Å²) in [5.41, 5.74) is 3.03. The first kappa shape index (κ1) is 13.1. The molecule has 1 aromatic carbocycles. The number of hydrogen-bond donors (Lipinski definition) is 1. The minimum atomic E-state index is -0.462. The molecule has 1 unspecified atom stereocenters. The summed E-state index contributed by atoms with van der Waals surface area (Å²) in [5.74, 6) is 0. The summed E-state index contributed by atoms with van der Waals surface area (Å²) in [6.45, 7) is 1.94. The zero-order valence-electron chi connectivity index (χ0n) is 10.6. The molecular formula is C14H17ClN2O. The Bertz CT molecular complexity index is 536. The van der Waals surface area contributed by atoms with Gasteiger partial charge in [0.1, 0.15) is 0 Å². The highest BCUT2D eigenvalue weighted by atomic mass is 35.5. The van der Waals surface area contributed by atoms with E-state index in [0.29, 0.717) is 6.42 Å². The second kappa shape index (κ2) is 5.55. The molecule has 1 atom stereocenters. The lowest BCUT2D eigenvalue weighted by atomic mass is 10.0. The van der Waals surface area contributed by atoms with Crippen molar-refractivity contribution in [2.75, 3.05) is 0 Å². The molecule has 0 saturated heterocycles. The Labute approximate surface area is 112 Å². The molecule has 2 aromatic rings. The molecule has 0 fully saturated rings. The number of aryl methyl sites for hydroxylation is 3. The van der Waals surface area contributed by atoms with Crippen LogP contribution in [0.3, 0.4) is 0 Å². The van der Waals surface area contributed by atoms with Crippen LogP contribution in [0.1, 0.15) is 29.3 Å². The van der Waals surface area contributed by atoms with E-state index in [4.69, 9.17) is 11.6 Å². The molecule has 96 valence electrons. The van der Waals surface area contributed by atoms with E-state index >= 15 is 0 Å². The fourth-order valence-electron chi connectivity index (χ4n) is 1.97. The average molecular weight is 265 g/mol. The van der Waals surface area contributed by atoms with Crippen LogP contribution < -0.4 is 0 Å². The SMILES string of the molecule is Cc1cc(C(O)CCc2ccnn2C)ccc1Cl. The molecule has 0 saturated carbocycles. The topological polar surface area (TPSA) is 38.1 Å². The van der Waals surface area contributed by atoms with Crippen LogP contribution >= 0.6 is 11.6 Å². The predicted molar refractivity (Wildman–Crippen MR) is 72.7 cm³/mol. The first-order chi connectivity index (χ1) is 8.58. The van der Waals surface area contributed by atoms with Gasteiger partial charge in [-0.05, 0) is 43.0 Å². The van der Waals surface area contributed by atoms with Gasteiger partial charge in [0.05, 0.1) is 6.10 Å². The van der Waals surface area contributed by atoms with Crippen molar-refractivity contribution >= 4 is 11.6 Å². The Kier molecular flexibility index (Phi) is 4.04. The zero-order valence-corrected chi connectivity index (χ0v) is 11.4. The van der Waals surface area contributed by atoms with Crippen molar-refractivity contribution in [3.8, 4) is 0 Å². The van der Waals surface area contributed by atoms with Gasteiger partial charge < -0.3 is 5.11 Å². The summed E-state index contributed by atoms with van der Waals surface area (Å²) in [6.07, 6.45) is 2.80. The molecule has 18 heavy (non-hydrogen) atoms. The fraction of sp³-hybridized carbons (Fsp3) is 0.357. The second-order valence-corrected chi connectivity index (χ2v) is 4.92. The highest BCUT2D eigenvalue weighted by Crippen LogP contribution is 2.23. The van der Waals surface area contributed by atoms with Crippen LogP contribution in [0.5, 0.6) is 0 Å². The fourth-order valence-corrected chi connectivity index (χ4v) is 2.09. The molecule has 2 rings (SSSR count). The number of aliphatic hydroxyl groups is 1. The van der Waals surface area contributed by atoms with Crippen molar-refractivity contribution in [1.82, 2.24) is 9.78 Å². The number of aliphatic hydroxyl groups excluding tert-OH is 1. The van der Waals surface area contributed by atoms with Crippen molar-refractivity contribution in [1.29, 1.82) is 0 Å². The maximum atomic E-state index is 10.2. The predicted octanol–water partition coefficient (Wildman–Crippen LogP) is 3.05. The summed E-state index contributed by atoms with van der Waals surface area (Å²) in [4.78, 5) is 0. The van der Waals surface area contributed by atoms with Crippen molar-refractivity contribution < 1.29 is 5.11 Å². The molecule has 1 aromatic heterocycles. The second-order valence-electron chi connectivity index (χ2n) is 4.51. The van der Waals surface area contributed by atoms with E-state index in [0.717, 1.165) is 28.3 Å². The van der Waals surface area contributed by atoms with E-state index in [9.17, 15) is 5.11 Å². The third kappa shape index (κ3) is 2.92. The lowest BCUT2D eigenvalue weighted by Crippen LogP contribution is -2.03. The number of rotatable bonds is 4. The van der Waals surface area contributed by atoms with E-state index in [1.165, 1.54) is 0 Å². The Balaban J connectivity index is 2.01. The molecular weight excluding hydrogens is 248 g/mol. The van der Waals surface area contributed by atoms with Gasteiger partial charge >= 0.3 is 0 Å². The van der Waals surface area contributed by atoms with E-state index in [1.807, 2.05) is 42.9 Å². The van der Waals surface area contributed by atoms with Crippen molar-refractivity contribution in [3.63, 3.8) is 0 Å². The Morgan fingerprint density at radius 1 is 1.39 bits per heavy atom. The molecule has 0 amide bonds. The normalized spacial score (nSPS) is 12.7. The quantitative estimate of drug-likeness (QED) is 0.922. The molecule has 0 aliphatic heterocycles. The van der Waals surface area contributed by atoms with Gasteiger partial charge in [-0.3, -0.25) is 4.68 Å². The van der Waals surface area contributed by atoms with Gasteiger partial charge in [-0.1, -0.05) is 23.7 Å². The van der Waals surface area contributed by atoms with E-state index in [-0.39, 0.29) is 0 Å². The van der Waals surface area contributed by atoms with Gasteiger partial charge in [0.2, 0.25) is 0 Å². The van der Waals surface area contributed by atoms with Gasteiger partial charge in [0.25, 0.3) is 0 Å². The van der Waals surface area contributed by atoms with Crippen LogP contribution in [0.25, 0.3) is 0 Å². The van der Waals surface area contributed by atoms with Crippen LogP contribution in [-0.4, -0.2) is 14.9 Å². The first-order valence-electron chi connectivity index (χ1n) is 5.99. The summed E-state index contributed by atoms with van der Waals surface area (Å²) < 4.78 is 1.83. The molecule has 1 N–H and O–H groups in total. The largest absolute Gasteiger partial charge is 0.388 e. The van der Waals surface area contributed by atoms with Gasteiger partial charge in [0, 0.05) is 24.0 Å². The van der Waals surface area contributed by atoms with E-state index in [1.54, 1.807) is 6.20 Å². The van der Waals surface area contributed by atoms with Gasteiger partial charge in [-0.15, -0.1) is 0 Å². The Hall–Kier alpha value is -1.32. The summed E-state index contributed by atoms with van der Waals surface area (Å²) in [5, 5.41) is 15.0. The minimum absolute atomic E-state index is 0.462. The number of benzene rings is 1. The third-order valence-corrected chi connectivity index (χ3v) is 3.59. The van der Waals surface area contributed by atoms with Crippen LogP contribution in [0.2, 0.25) is 5.02 Å². The average Bonchev–Trinajstić information content (AvgIpc) is 2.75. The van der Waals surface area contributed by atoms with E-state index < -0.39 is 6.10 Å². The summed E-state index contributed by atoms with van der Waals surface area (Å²) in [6, 6.07) is 7.62. The van der Waals surface area contributed by atoms with Crippen LogP contribution in [0.15, 0.2) is 30.5 Å². The Morgan fingerprint density at radius 3 is 2.78 bits per heavy atom. The lowest BCUT2D eigenvalue weighted by Gasteiger charge is -2.12. The van der Waals surface area contributed by atoms with Crippen LogP contribution in [-0.2, 0) is 13.5 Å². The van der Waals surface area contributed by atoms with Gasteiger partial charge in [-0.25, -0.2) is 0 Å². The molecule has 0 aliphatic rings. The van der Waals surface area contributed by atoms with Gasteiger partial charge in [-0.2, -0.15) is 5.10 Å². The monoisotopic (exact) mass is 264 g/mol. The molecule has 0 bridgehead atoms. The van der Waals surface area contributed by atoms with Crippen molar-refractivity contribution in [2.45, 2.75) is 25.9 Å². The lowest BCUT2D eigenvalue weighted by molar-refractivity contribution is 0.167. The number of aromatic nitrogens is 2. The minimum Gasteiger partial charge on any atom is -0.388 e. The number of hydrogen-bond acceptors (Lipinski definition) is 2. The van der Waals surface area contributed by atoms with Crippen molar-refractivity contribution in [3.05, 3.63) is 52.3 Å². The van der Waals surface area contributed by atoms with Gasteiger partial charge in [0.15, 0.2) is 0 Å². The molecule has 0 spiro atoms. The molecule has 3 nitrogen and oxygen atoms in total.